The first-order valence-electron chi connectivity index (χ1n) is 4.38. The van der Waals surface area contributed by atoms with Gasteiger partial charge in [-0.05, 0) is 31.5 Å². The molecular weight excluding hydrogens is 184 g/mol. The average Bonchev–Trinajstić information content (AvgIpc) is 2.65. The second-order valence-electron chi connectivity index (χ2n) is 2.93. The quantitative estimate of drug-likeness (QED) is 0.656. The van der Waals surface area contributed by atoms with E-state index in [1.807, 2.05) is 24.6 Å². The van der Waals surface area contributed by atoms with Crippen LogP contribution < -0.4 is 11.1 Å². The molecule has 2 unspecified atom stereocenters. The summed E-state index contributed by atoms with van der Waals surface area (Å²) in [5.41, 5.74) is 5.45. The van der Waals surface area contributed by atoms with E-state index in [0.29, 0.717) is 6.54 Å². The van der Waals surface area contributed by atoms with Crippen molar-refractivity contribution >= 4 is 11.3 Å². The minimum atomic E-state index is -0.437. The monoisotopic (exact) mass is 200 g/mol. The Labute approximate surface area is 82.6 Å². The molecule has 4 heteroatoms. The lowest BCUT2D eigenvalue weighted by Gasteiger charge is -2.20. The van der Waals surface area contributed by atoms with Crippen LogP contribution in [0.15, 0.2) is 17.5 Å². The summed E-state index contributed by atoms with van der Waals surface area (Å²) in [5, 5.41) is 14.9. The SMILES string of the molecule is CNC(CCN)C(O)c1cccs1. The molecule has 0 amide bonds. The molecule has 4 N–H and O–H groups in total. The molecule has 74 valence electrons. The molecule has 0 fully saturated rings. The van der Waals surface area contributed by atoms with E-state index in [1.54, 1.807) is 11.3 Å². The Morgan fingerprint density at radius 1 is 1.69 bits per heavy atom. The topological polar surface area (TPSA) is 58.3 Å². The number of nitrogens with one attached hydrogen (secondary N) is 1. The predicted octanol–water partition coefficient (Wildman–Crippen LogP) is 0.718. The number of hydrogen-bond donors (Lipinski definition) is 3. The van der Waals surface area contributed by atoms with Crippen LogP contribution in [-0.4, -0.2) is 24.7 Å². The summed E-state index contributed by atoms with van der Waals surface area (Å²) in [4.78, 5) is 0.993. The molecular formula is C9H16N2OS. The number of nitrogens with two attached hydrogens (primary N) is 1. The van der Waals surface area contributed by atoms with Gasteiger partial charge in [0, 0.05) is 10.9 Å². The summed E-state index contributed by atoms with van der Waals surface area (Å²) < 4.78 is 0. The first-order valence-corrected chi connectivity index (χ1v) is 5.26. The van der Waals surface area contributed by atoms with Crippen molar-refractivity contribution in [3.8, 4) is 0 Å². The Balaban J connectivity index is 2.58. The summed E-state index contributed by atoms with van der Waals surface area (Å²) >= 11 is 1.57. The van der Waals surface area contributed by atoms with Crippen LogP contribution in [-0.2, 0) is 0 Å². The van der Waals surface area contributed by atoms with E-state index in [2.05, 4.69) is 5.32 Å². The molecule has 0 aliphatic carbocycles. The Hall–Kier alpha value is -0.420. The van der Waals surface area contributed by atoms with E-state index in [0.717, 1.165) is 11.3 Å². The van der Waals surface area contributed by atoms with Gasteiger partial charge in [-0.1, -0.05) is 6.07 Å². The zero-order chi connectivity index (χ0) is 9.68. The standard InChI is InChI=1S/C9H16N2OS/c1-11-7(4-5-10)9(12)8-3-2-6-13-8/h2-3,6-7,9,11-12H,4-5,10H2,1H3. The predicted molar refractivity (Wildman–Crippen MR) is 55.8 cm³/mol. The molecule has 2 atom stereocenters. The van der Waals surface area contributed by atoms with E-state index < -0.39 is 6.10 Å². The number of rotatable bonds is 5. The van der Waals surface area contributed by atoms with Gasteiger partial charge in [0.15, 0.2) is 0 Å². The highest BCUT2D eigenvalue weighted by atomic mass is 32.1. The van der Waals surface area contributed by atoms with Gasteiger partial charge in [-0.2, -0.15) is 0 Å². The largest absolute Gasteiger partial charge is 0.386 e. The van der Waals surface area contributed by atoms with Gasteiger partial charge in [-0.3, -0.25) is 0 Å². The Morgan fingerprint density at radius 2 is 2.46 bits per heavy atom. The molecule has 1 aromatic heterocycles. The first-order chi connectivity index (χ1) is 6.29. The van der Waals surface area contributed by atoms with Crippen molar-refractivity contribution in [1.82, 2.24) is 5.32 Å². The molecule has 0 aliphatic rings. The minimum absolute atomic E-state index is 0.0589. The summed E-state index contributed by atoms with van der Waals surface area (Å²) in [6.45, 7) is 0.591. The van der Waals surface area contributed by atoms with Crippen LogP contribution >= 0.6 is 11.3 Å². The van der Waals surface area contributed by atoms with Crippen molar-refractivity contribution in [2.75, 3.05) is 13.6 Å². The fourth-order valence-electron chi connectivity index (χ4n) is 1.30. The maximum absolute atomic E-state index is 9.89. The highest BCUT2D eigenvalue weighted by Gasteiger charge is 2.18. The lowest BCUT2D eigenvalue weighted by atomic mass is 10.1. The number of likely N-dealkylation sites (N-methyl/N-ethyl adjacent to an activating group) is 1. The molecule has 0 aromatic carbocycles. The highest BCUT2D eigenvalue weighted by Crippen LogP contribution is 2.22. The second kappa shape index (κ2) is 5.34. The van der Waals surface area contributed by atoms with Crippen molar-refractivity contribution in [2.24, 2.45) is 5.73 Å². The van der Waals surface area contributed by atoms with E-state index in [1.165, 1.54) is 0 Å². The van der Waals surface area contributed by atoms with Gasteiger partial charge < -0.3 is 16.2 Å². The summed E-state index contributed by atoms with van der Waals surface area (Å²) in [5.74, 6) is 0. The first kappa shape index (κ1) is 10.7. The summed E-state index contributed by atoms with van der Waals surface area (Å²) in [6.07, 6.45) is 0.351. The van der Waals surface area contributed by atoms with Gasteiger partial charge in [0.05, 0.1) is 0 Å². The summed E-state index contributed by atoms with van der Waals surface area (Å²) in [7, 11) is 1.84. The molecule has 0 saturated carbocycles. The molecule has 1 heterocycles. The Morgan fingerprint density at radius 3 is 2.92 bits per heavy atom. The molecule has 0 bridgehead atoms. The number of aliphatic hydroxyl groups is 1. The molecule has 1 rings (SSSR count). The zero-order valence-electron chi connectivity index (χ0n) is 7.73. The van der Waals surface area contributed by atoms with Crippen LogP contribution in [0, 0.1) is 0 Å². The highest BCUT2D eigenvalue weighted by molar-refractivity contribution is 7.10. The van der Waals surface area contributed by atoms with Gasteiger partial charge in [0.25, 0.3) is 0 Å². The van der Waals surface area contributed by atoms with Crippen molar-refractivity contribution in [1.29, 1.82) is 0 Å². The van der Waals surface area contributed by atoms with Crippen LogP contribution in [0.1, 0.15) is 17.4 Å². The third-order valence-corrected chi connectivity index (χ3v) is 3.01. The fraction of sp³-hybridized carbons (Fsp3) is 0.556. The molecule has 1 aromatic rings. The van der Waals surface area contributed by atoms with Crippen molar-refractivity contribution in [3.05, 3.63) is 22.4 Å². The van der Waals surface area contributed by atoms with Crippen LogP contribution in [0.25, 0.3) is 0 Å². The number of thiophene rings is 1. The maximum Gasteiger partial charge on any atom is 0.103 e. The van der Waals surface area contributed by atoms with Crippen molar-refractivity contribution < 1.29 is 5.11 Å². The Kier molecular flexibility index (Phi) is 4.38. The molecule has 0 saturated heterocycles. The van der Waals surface area contributed by atoms with E-state index in [9.17, 15) is 5.11 Å². The molecule has 0 radical (unpaired) electrons. The molecule has 13 heavy (non-hydrogen) atoms. The maximum atomic E-state index is 9.89. The minimum Gasteiger partial charge on any atom is -0.386 e. The van der Waals surface area contributed by atoms with Gasteiger partial charge in [-0.15, -0.1) is 11.3 Å². The lowest BCUT2D eigenvalue weighted by Crippen LogP contribution is -2.33. The fourth-order valence-corrected chi connectivity index (χ4v) is 2.07. The van der Waals surface area contributed by atoms with E-state index in [4.69, 9.17) is 5.73 Å². The van der Waals surface area contributed by atoms with Crippen LogP contribution in [0.5, 0.6) is 0 Å². The van der Waals surface area contributed by atoms with Crippen molar-refractivity contribution in [3.63, 3.8) is 0 Å². The van der Waals surface area contributed by atoms with Gasteiger partial charge in [0.1, 0.15) is 6.10 Å². The van der Waals surface area contributed by atoms with Crippen LogP contribution in [0.4, 0.5) is 0 Å². The van der Waals surface area contributed by atoms with E-state index in [-0.39, 0.29) is 6.04 Å². The van der Waals surface area contributed by atoms with Gasteiger partial charge in [0.2, 0.25) is 0 Å². The lowest BCUT2D eigenvalue weighted by molar-refractivity contribution is 0.132. The zero-order valence-corrected chi connectivity index (χ0v) is 8.55. The van der Waals surface area contributed by atoms with E-state index >= 15 is 0 Å². The molecule has 0 spiro atoms. The third-order valence-electron chi connectivity index (χ3n) is 2.06. The van der Waals surface area contributed by atoms with Gasteiger partial charge >= 0.3 is 0 Å². The van der Waals surface area contributed by atoms with Crippen molar-refractivity contribution in [2.45, 2.75) is 18.6 Å². The average molecular weight is 200 g/mol. The van der Waals surface area contributed by atoms with Crippen LogP contribution in [0.2, 0.25) is 0 Å². The third kappa shape index (κ3) is 2.77. The molecule has 3 nitrogen and oxygen atoms in total. The normalized spacial score (nSPS) is 15.6. The van der Waals surface area contributed by atoms with Gasteiger partial charge in [-0.25, -0.2) is 0 Å². The second-order valence-corrected chi connectivity index (χ2v) is 3.91. The molecule has 0 aliphatic heterocycles. The smallest absolute Gasteiger partial charge is 0.103 e. The number of hydrogen-bond acceptors (Lipinski definition) is 4. The van der Waals surface area contributed by atoms with Crippen LogP contribution in [0.3, 0.4) is 0 Å². The summed E-state index contributed by atoms with van der Waals surface area (Å²) in [6, 6.07) is 3.94. The number of aliphatic hydroxyl groups excluding tert-OH is 1. The Bertz CT molecular complexity index is 226.